The summed E-state index contributed by atoms with van der Waals surface area (Å²) in [6.45, 7) is 1.55. The van der Waals surface area contributed by atoms with Crippen LogP contribution in [-0.4, -0.2) is 55.7 Å². The number of ether oxygens (including phenoxy) is 1. The van der Waals surface area contributed by atoms with Crippen LogP contribution in [0.15, 0.2) is 30.3 Å². The first kappa shape index (κ1) is 19.6. The molecule has 1 aromatic heterocycles. The van der Waals surface area contributed by atoms with Crippen LogP contribution in [0.3, 0.4) is 0 Å². The van der Waals surface area contributed by atoms with Crippen LogP contribution in [0.1, 0.15) is 5.56 Å². The highest BCUT2D eigenvalue weighted by atomic mass is 16.5. The maximum atomic E-state index is 9.10. The standard InChI is InChI=1S/C18H27N5O3/c1-19-18-16(6-7-17(23-18)26-2)22-12-13-14(20-8-10-24)4-3-5-15(13)21-9-11-25/h3-7,20-22,24-25H,8-12H2,1-2H3,(H,19,23). The number of nitrogens with one attached hydrogen (secondary N) is 4. The van der Waals surface area contributed by atoms with E-state index < -0.39 is 0 Å². The van der Waals surface area contributed by atoms with E-state index in [-0.39, 0.29) is 13.2 Å². The van der Waals surface area contributed by atoms with Crippen LogP contribution in [0.5, 0.6) is 5.88 Å². The number of hydrogen-bond donors (Lipinski definition) is 6. The molecule has 0 saturated heterocycles. The summed E-state index contributed by atoms with van der Waals surface area (Å²) in [5.41, 5.74) is 3.69. The van der Waals surface area contributed by atoms with Crippen LogP contribution in [0, 0.1) is 0 Å². The normalized spacial score (nSPS) is 10.3. The summed E-state index contributed by atoms with van der Waals surface area (Å²) in [4.78, 5) is 4.37. The Bertz CT molecular complexity index is 670. The highest BCUT2D eigenvalue weighted by Gasteiger charge is 2.10. The van der Waals surface area contributed by atoms with Crippen LogP contribution >= 0.6 is 0 Å². The Morgan fingerprint density at radius 2 is 1.58 bits per heavy atom. The minimum Gasteiger partial charge on any atom is -0.481 e. The Morgan fingerprint density at radius 3 is 2.12 bits per heavy atom. The summed E-state index contributed by atoms with van der Waals surface area (Å²) in [5, 5.41) is 31.1. The Morgan fingerprint density at radius 1 is 0.923 bits per heavy atom. The second-order valence-electron chi connectivity index (χ2n) is 5.49. The summed E-state index contributed by atoms with van der Waals surface area (Å²) in [6, 6.07) is 9.55. The van der Waals surface area contributed by atoms with Crippen LogP contribution < -0.4 is 26.0 Å². The monoisotopic (exact) mass is 361 g/mol. The molecule has 1 heterocycles. The maximum Gasteiger partial charge on any atom is 0.215 e. The highest BCUT2D eigenvalue weighted by molar-refractivity contribution is 5.69. The number of nitrogens with zero attached hydrogens (tertiary/aromatic N) is 1. The number of hydrogen-bond acceptors (Lipinski definition) is 8. The summed E-state index contributed by atoms with van der Waals surface area (Å²) in [6.07, 6.45) is 0. The van der Waals surface area contributed by atoms with Crippen molar-refractivity contribution in [3.8, 4) is 5.88 Å². The van der Waals surface area contributed by atoms with Crippen molar-refractivity contribution in [1.29, 1.82) is 0 Å². The molecule has 0 spiro atoms. The first-order valence-corrected chi connectivity index (χ1v) is 8.51. The lowest BCUT2D eigenvalue weighted by Gasteiger charge is -2.19. The molecular weight excluding hydrogens is 334 g/mol. The second-order valence-corrected chi connectivity index (χ2v) is 5.49. The van der Waals surface area contributed by atoms with Crippen molar-refractivity contribution in [3.05, 3.63) is 35.9 Å². The van der Waals surface area contributed by atoms with Gasteiger partial charge in [-0.3, -0.25) is 0 Å². The van der Waals surface area contributed by atoms with Gasteiger partial charge >= 0.3 is 0 Å². The van der Waals surface area contributed by atoms with Crippen LogP contribution in [0.4, 0.5) is 22.9 Å². The predicted molar refractivity (Wildman–Crippen MR) is 105 cm³/mol. The van der Waals surface area contributed by atoms with Crippen LogP contribution in [0.2, 0.25) is 0 Å². The molecule has 1 aromatic carbocycles. The zero-order valence-corrected chi connectivity index (χ0v) is 15.2. The van der Waals surface area contributed by atoms with Gasteiger partial charge in [0.05, 0.1) is 26.0 Å². The predicted octanol–water partition coefficient (Wildman–Crippen LogP) is 1.55. The minimum absolute atomic E-state index is 0.0491. The summed E-state index contributed by atoms with van der Waals surface area (Å²) in [5.74, 6) is 1.23. The molecular formula is C18H27N5O3. The molecule has 0 aliphatic carbocycles. The molecule has 8 heteroatoms. The molecule has 142 valence electrons. The molecule has 0 aliphatic rings. The number of benzene rings is 1. The SMILES string of the molecule is CNc1nc(OC)ccc1NCc1c(NCCO)cccc1NCCO. The molecule has 2 aromatic rings. The van der Waals surface area contributed by atoms with E-state index in [4.69, 9.17) is 14.9 Å². The lowest BCUT2D eigenvalue weighted by Crippen LogP contribution is -2.14. The van der Waals surface area contributed by atoms with E-state index in [1.165, 1.54) is 0 Å². The molecule has 0 atom stereocenters. The fourth-order valence-corrected chi connectivity index (χ4v) is 2.56. The third kappa shape index (κ3) is 5.14. The highest BCUT2D eigenvalue weighted by Crippen LogP contribution is 2.28. The van der Waals surface area contributed by atoms with Gasteiger partial charge in [0.25, 0.3) is 0 Å². The van der Waals surface area contributed by atoms with E-state index >= 15 is 0 Å². The van der Waals surface area contributed by atoms with Gasteiger partial charge < -0.3 is 36.2 Å². The Balaban J connectivity index is 2.23. The first-order chi connectivity index (χ1) is 12.7. The molecule has 0 bridgehead atoms. The van der Waals surface area contributed by atoms with Gasteiger partial charge in [-0.2, -0.15) is 4.98 Å². The number of aromatic nitrogens is 1. The maximum absolute atomic E-state index is 9.10. The molecule has 6 N–H and O–H groups in total. The Labute approximate surface area is 153 Å². The molecule has 0 radical (unpaired) electrons. The van der Waals surface area contributed by atoms with Gasteiger partial charge in [0.15, 0.2) is 5.82 Å². The van der Waals surface area contributed by atoms with E-state index in [1.54, 1.807) is 20.2 Å². The fourth-order valence-electron chi connectivity index (χ4n) is 2.56. The van der Waals surface area contributed by atoms with E-state index in [0.717, 1.165) is 22.6 Å². The largest absolute Gasteiger partial charge is 0.481 e. The average molecular weight is 361 g/mol. The number of aliphatic hydroxyl groups is 2. The van der Waals surface area contributed by atoms with Crippen molar-refractivity contribution in [2.24, 2.45) is 0 Å². The lowest BCUT2D eigenvalue weighted by atomic mass is 10.1. The van der Waals surface area contributed by atoms with Gasteiger partial charge in [0.2, 0.25) is 5.88 Å². The topological polar surface area (TPSA) is 111 Å². The molecule has 0 fully saturated rings. The van der Waals surface area contributed by atoms with Gasteiger partial charge in [-0.1, -0.05) is 6.07 Å². The molecule has 0 amide bonds. The lowest BCUT2D eigenvalue weighted by molar-refractivity contribution is 0.311. The molecule has 2 rings (SSSR count). The van der Waals surface area contributed by atoms with Crippen molar-refractivity contribution < 1.29 is 14.9 Å². The van der Waals surface area contributed by atoms with Gasteiger partial charge in [0, 0.05) is 49.7 Å². The van der Waals surface area contributed by atoms with E-state index in [2.05, 4.69) is 26.3 Å². The van der Waals surface area contributed by atoms with Crippen molar-refractivity contribution in [2.75, 3.05) is 61.7 Å². The van der Waals surface area contributed by atoms with Crippen molar-refractivity contribution in [1.82, 2.24) is 4.98 Å². The minimum atomic E-state index is 0.0491. The van der Waals surface area contributed by atoms with Gasteiger partial charge in [-0.25, -0.2) is 0 Å². The zero-order chi connectivity index (χ0) is 18.8. The Hall–Kier alpha value is -2.71. The molecule has 0 saturated carbocycles. The van der Waals surface area contributed by atoms with E-state index in [9.17, 15) is 0 Å². The molecule has 0 aliphatic heterocycles. The van der Waals surface area contributed by atoms with Gasteiger partial charge in [-0.15, -0.1) is 0 Å². The third-order valence-corrected chi connectivity index (χ3v) is 3.80. The Kier molecular flexibility index (Phi) is 7.78. The number of rotatable bonds is 11. The molecule has 8 nitrogen and oxygen atoms in total. The quantitative estimate of drug-likeness (QED) is 0.358. The number of aliphatic hydroxyl groups excluding tert-OH is 2. The fraction of sp³-hybridized carbons (Fsp3) is 0.389. The first-order valence-electron chi connectivity index (χ1n) is 8.51. The van der Waals surface area contributed by atoms with Crippen LogP contribution in [0.25, 0.3) is 0 Å². The summed E-state index contributed by atoms with van der Waals surface area (Å²) >= 11 is 0. The van der Waals surface area contributed by atoms with Gasteiger partial charge in [-0.05, 0) is 18.2 Å². The summed E-state index contributed by atoms with van der Waals surface area (Å²) in [7, 11) is 3.38. The second kappa shape index (κ2) is 10.3. The molecule has 0 unspecified atom stereocenters. The average Bonchev–Trinajstić information content (AvgIpc) is 2.69. The summed E-state index contributed by atoms with van der Waals surface area (Å²) < 4.78 is 5.16. The number of anilines is 4. The van der Waals surface area contributed by atoms with Crippen molar-refractivity contribution in [3.63, 3.8) is 0 Å². The number of methoxy groups -OCH3 is 1. The van der Waals surface area contributed by atoms with Gasteiger partial charge in [0.1, 0.15) is 0 Å². The number of pyridine rings is 1. The van der Waals surface area contributed by atoms with Crippen LogP contribution in [-0.2, 0) is 6.54 Å². The third-order valence-electron chi connectivity index (χ3n) is 3.80. The zero-order valence-electron chi connectivity index (χ0n) is 15.2. The van der Waals surface area contributed by atoms with Crippen molar-refractivity contribution >= 4 is 22.9 Å². The smallest absolute Gasteiger partial charge is 0.215 e. The van der Waals surface area contributed by atoms with Crippen molar-refractivity contribution in [2.45, 2.75) is 6.54 Å². The van der Waals surface area contributed by atoms with E-state index in [1.807, 2.05) is 24.3 Å². The van der Waals surface area contributed by atoms with E-state index in [0.29, 0.717) is 31.3 Å². The molecule has 26 heavy (non-hydrogen) atoms.